The summed E-state index contributed by atoms with van der Waals surface area (Å²) in [5, 5.41) is 11.0. The maximum Gasteiger partial charge on any atom is 0.290 e. The van der Waals surface area contributed by atoms with Gasteiger partial charge in [-0.15, -0.1) is 0 Å². The predicted octanol–water partition coefficient (Wildman–Crippen LogP) is 4.71. The van der Waals surface area contributed by atoms with Gasteiger partial charge in [0, 0.05) is 29.6 Å². The van der Waals surface area contributed by atoms with E-state index in [0.29, 0.717) is 24.5 Å². The Hall–Kier alpha value is -3.32. The second-order valence-electron chi connectivity index (χ2n) is 9.14. The highest BCUT2D eigenvalue weighted by molar-refractivity contribution is 5.93. The Kier molecular flexibility index (Phi) is 5.37. The van der Waals surface area contributed by atoms with Crippen molar-refractivity contribution in [2.24, 2.45) is 0 Å². The highest BCUT2D eigenvalue weighted by atomic mass is 16.5. The molecule has 2 atom stereocenters. The standard InChI is InChI=1S/C26H29N3O4/c1-14(2)24(32-16(4)15(3)30)26(31)29-12-11-19-22(28-13-27-19)23(29)25-21(17-9-10-17)18-7-5-6-8-20(18)33-25/h5-8,13,15,17,23,30H,4,9-12H2,1-3H3,(H,27,28). The van der Waals surface area contributed by atoms with Gasteiger partial charge in [-0.3, -0.25) is 4.79 Å². The first-order valence-electron chi connectivity index (χ1n) is 11.4. The number of fused-ring (bicyclic) bond motifs is 2. The number of amides is 1. The average Bonchev–Trinajstić information content (AvgIpc) is 3.38. The summed E-state index contributed by atoms with van der Waals surface area (Å²) >= 11 is 0. The van der Waals surface area contributed by atoms with Crippen molar-refractivity contribution in [3.05, 3.63) is 77.0 Å². The second-order valence-corrected chi connectivity index (χ2v) is 9.14. The first-order valence-corrected chi connectivity index (χ1v) is 11.4. The van der Waals surface area contributed by atoms with Crippen molar-refractivity contribution >= 4 is 16.9 Å². The molecule has 0 spiro atoms. The number of nitrogens with zero attached hydrogens (tertiary/aromatic N) is 2. The highest BCUT2D eigenvalue weighted by Crippen LogP contribution is 2.50. The zero-order valence-electron chi connectivity index (χ0n) is 19.2. The van der Waals surface area contributed by atoms with Crippen LogP contribution < -0.4 is 0 Å². The Morgan fingerprint density at radius 3 is 2.79 bits per heavy atom. The van der Waals surface area contributed by atoms with Gasteiger partial charge in [0.15, 0.2) is 5.76 Å². The number of nitrogens with one attached hydrogen (secondary N) is 1. The molecule has 3 aromatic rings. The lowest BCUT2D eigenvalue weighted by molar-refractivity contribution is -0.133. The number of rotatable bonds is 6. The molecule has 1 saturated carbocycles. The van der Waals surface area contributed by atoms with Crippen molar-refractivity contribution in [1.82, 2.24) is 14.9 Å². The van der Waals surface area contributed by atoms with Crippen LogP contribution in [0.1, 0.15) is 68.3 Å². The SMILES string of the molecule is C=C(OC(C(=O)N1CCc2[nH]cnc2C1c1oc2ccccc2c1C1CC1)=C(C)C)C(C)O. The van der Waals surface area contributed by atoms with Crippen molar-refractivity contribution in [1.29, 1.82) is 0 Å². The van der Waals surface area contributed by atoms with E-state index in [4.69, 9.17) is 9.15 Å². The summed E-state index contributed by atoms with van der Waals surface area (Å²) in [7, 11) is 0. The maximum absolute atomic E-state index is 13.9. The molecule has 0 bridgehead atoms. The van der Waals surface area contributed by atoms with E-state index in [9.17, 15) is 9.90 Å². The normalized spacial score (nSPS) is 18.7. The van der Waals surface area contributed by atoms with Crippen LogP contribution in [0.4, 0.5) is 0 Å². The van der Waals surface area contributed by atoms with Crippen LogP contribution in [-0.4, -0.2) is 38.5 Å². The summed E-state index contributed by atoms with van der Waals surface area (Å²) in [6.45, 7) is 9.45. The van der Waals surface area contributed by atoms with Crippen LogP contribution in [0, 0.1) is 0 Å². The lowest BCUT2D eigenvalue weighted by Gasteiger charge is -2.35. The zero-order valence-corrected chi connectivity index (χ0v) is 19.2. The van der Waals surface area contributed by atoms with Gasteiger partial charge < -0.3 is 24.1 Å². The molecule has 0 saturated heterocycles. The Labute approximate surface area is 192 Å². The number of allylic oxidation sites excluding steroid dienone is 1. The Bertz CT molecular complexity index is 1260. The first-order chi connectivity index (χ1) is 15.9. The first kappa shape index (κ1) is 21.5. The summed E-state index contributed by atoms with van der Waals surface area (Å²) in [5.74, 6) is 1.25. The molecule has 1 aliphatic carbocycles. The number of carbonyl (C=O) groups excluding carboxylic acids is 1. The summed E-state index contributed by atoms with van der Waals surface area (Å²) in [6, 6.07) is 7.59. The number of furan rings is 1. The summed E-state index contributed by atoms with van der Waals surface area (Å²) in [6.07, 6.45) is 3.67. The quantitative estimate of drug-likeness (QED) is 0.422. The van der Waals surface area contributed by atoms with Gasteiger partial charge in [0.05, 0.1) is 12.0 Å². The van der Waals surface area contributed by atoms with Gasteiger partial charge in [0.25, 0.3) is 5.91 Å². The Morgan fingerprint density at radius 1 is 1.33 bits per heavy atom. The fraction of sp³-hybridized carbons (Fsp3) is 0.385. The van der Waals surface area contributed by atoms with Crippen LogP contribution in [0.15, 0.2) is 58.7 Å². The van der Waals surface area contributed by atoms with Gasteiger partial charge in [-0.1, -0.05) is 24.8 Å². The molecule has 2 N–H and O–H groups in total. The summed E-state index contributed by atoms with van der Waals surface area (Å²) in [5.41, 5.74) is 4.53. The van der Waals surface area contributed by atoms with E-state index < -0.39 is 12.1 Å². The molecular weight excluding hydrogens is 418 g/mol. The number of para-hydroxylation sites is 1. The monoisotopic (exact) mass is 447 g/mol. The molecule has 1 aromatic carbocycles. The minimum atomic E-state index is -0.890. The molecule has 172 valence electrons. The van der Waals surface area contributed by atoms with Crippen molar-refractivity contribution < 1.29 is 19.1 Å². The third kappa shape index (κ3) is 3.76. The minimum absolute atomic E-state index is 0.135. The molecule has 0 radical (unpaired) electrons. The smallest absolute Gasteiger partial charge is 0.290 e. The third-order valence-electron chi connectivity index (χ3n) is 6.43. The summed E-state index contributed by atoms with van der Waals surface area (Å²) < 4.78 is 12.2. The highest BCUT2D eigenvalue weighted by Gasteiger charge is 2.42. The molecular formula is C26H29N3O4. The molecule has 3 heterocycles. The number of aromatic amines is 1. The Morgan fingerprint density at radius 2 is 2.09 bits per heavy atom. The van der Waals surface area contributed by atoms with Gasteiger partial charge in [-0.2, -0.15) is 0 Å². The van der Waals surface area contributed by atoms with E-state index in [0.717, 1.165) is 41.0 Å². The van der Waals surface area contributed by atoms with Crippen molar-refractivity contribution in [2.75, 3.05) is 6.54 Å². The van der Waals surface area contributed by atoms with E-state index in [-0.39, 0.29) is 17.4 Å². The van der Waals surface area contributed by atoms with Gasteiger partial charge >= 0.3 is 0 Å². The molecule has 1 fully saturated rings. The van der Waals surface area contributed by atoms with E-state index >= 15 is 0 Å². The second kappa shape index (κ2) is 8.23. The molecule has 7 heteroatoms. The molecule has 33 heavy (non-hydrogen) atoms. The largest absolute Gasteiger partial charge is 0.458 e. The van der Waals surface area contributed by atoms with E-state index in [2.05, 4.69) is 22.6 Å². The fourth-order valence-electron chi connectivity index (χ4n) is 4.55. The number of hydrogen-bond donors (Lipinski definition) is 2. The van der Waals surface area contributed by atoms with Gasteiger partial charge in [-0.05, 0) is 51.2 Å². The van der Waals surface area contributed by atoms with Crippen molar-refractivity contribution in [3.63, 3.8) is 0 Å². The van der Waals surface area contributed by atoms with Crippen LogP contribution in [0.2, 0.25) is 0 Å². The van der Waals surface area contributed by atoms with Gasteiger partial charge in [0.2, 0.25) is 0 Å². The topological polar surface area (TPSA) is 91.6 Å². The molecule has 1 amide bonds. The summed E-state index contributed by atoms with van der Waals surface area (Å²) in [4.78, 5) is 23.5. The van der Waals surface area contributed by atoms with E-state index in [1.165, 1.54) is 5.56 Å². The number of imidazole rings is 1. The van der Waals surface area contributed by atoms with Crippen LogP contribution in [0.3, 0.4) is 0 Å². The predicted molar refractivity (Wildman–Crippen MR) is 124 cm³/mol. The number of aliphatic hydroxyl groups is 1. The number of aromatic nitrogens is 2. The number of benzene rings is 1. The Balaban J connectivity index is 1.63. The minimum Gasteiger partial charge on any atom is -0.458 e. The molecule has 2 aliphatic rings. The lowest BCUT2D eigenvalue weighted by atomic mass is 9.94. The lowest BCUT2D eigenvalue weighted by Crippen LogP contribution is -2.42. The average molecular weight is 448 g/mol. The number of hydrogen-bond acceptors (Lipinski definition) is 5. The van der Waals surface area contributed by atoms with Crippen molar-refractivity contribution in [2.45, 2.75) is 58.1 Å². The van der Waals surface area contributed by atoms with Crippen LogP contribution >= 0.6 is 0 Å². The van der Waals surface area contributed by atoms with E-state index in [1.807, 2.05) is 32.0 Å². The van der Waals surface area contributed by atoms with Gasteiger partial charge in [0.1, 0.15) is 29.2 Å². The molecule has 2 unspecified atom stereocenters. The number of H-pyrrole nitrogens is 1. The maximum atomic E-state index is 13.9. The van der Waals surface area contributed by atoms with Crippen LogP contribution in [-0.2, 0) is 16.0 Å². The number of carbonyl (C=O) groups is 1. The van der Waals surface area contributed by atoms with E-state index in [1.54, 1.807) is 18.2 Å². The third-order valence-corrected chi connectivity index (χ3v) is 6.43. The molecule has 2 aromatic heterocycles. The fourth-order valence-corrected chi connectivity index (χ4v) is 4.55. The van der Waals surface area contributed by atoms with Crippen LogP contribution in [0.5, 0.6) is 0 Å². The molecule has 1 aliphatic heterocycles. The molecule has 5 rings (SSSR count). The van der Waals surface area contributed by atoms with Crippen LogP contribution in [0.25, 0.3) is 11.0 Å². The zero-order chi connectivity index (χ0) is 23.3. The molecule has 7 nitrogen and oxygen atoms in total. The van der Waals surface area contributed by atoms with Crippen molar-refractivity contribution in [3.8, 4) is 0 Å². The van der Waals surface area contributed by atoms with Gasteiger partial charge in [-0.25, -0.2) is 4.98 Å². The number of aliphatic hydroxyl groups excluding tert-OH is 1. The number of ether oxygens (including phenoxy) is 1.